The number of benzene rings is 6. The van der Waals surface area contributed by atoms with Gasteiger partial charge < -0.3 is 56.5 Å². The van der Waals surface area contributed by atoms with Gasteiger partial charge in [0, 0.05) is 189 Å². The van der Waals surface area contributed by atoms with Crippen LogP contribution in [0.3, 0.4) is 0 Å². The van der Waals surface area contributed by atoms with Crippen molar-refractivity contribution in [3.05, 3.63) is 205 Å². The normalized spacial score (nSPS) is 17.0. The summed E-state index contributed by atoms with van der Waals surface area (Å²) in [6, 6.07) is 42.2. The summed E-state index contributed by atoms with van der Waals surface area (Å²) in [6.07, 6.45) is 16.0. The number of nitrogens with zero attached hydrogens (tertiary/aromatic N) is 9. The number of carbonyl (C=O) groups excluding carboxylic acids is 7. The Labute approximate surface area is 804 Å². The Bertz CT molecular complexity index is 5170. The number of carboxylic acids is 1. The molecule has 0 aromatic heterocycles. The number of aryl methyl sites for hydroxylation is 3. The fourth-order valence-corrected chi connectivity index (χ4v) is 18.7. The second-order valence-corrected chi connectivity index (χ2v) is 38.7. The van der Waals surface area contributed by atoms with Gasteiger partial charge in [-0.05, 0) is 216 Å². The van der Waals surface area contributed by atoms with Crippen LogP contribution in [-0.4, -0.2) is 197 Å². The number of carbonyl (C=O) groups is 8. The van der Waals surface area contributed by atoms with E-state index in [1.54, 1.807) is 32.9 Å². The molecule has 23 heteroatoms. The number of aromatic carboxylic acids is 1. The maximum absolute atomic E-state index is 13.7. The van der Waals surface area contributed by atoms with Gasteiger partial charge in [-0.3, -0.25) is 43.5 Å². The summed E-state index contributed by atoms with van der Waals surface area (Å²) in [4.78, 5) is 130. The fourth-order valence-electron chi connectivity index (χ4n) is 18.7. The molecule has 4 saturated heterocycles. The van der Waals surface area contributed by atoms with Crippen molar-refractivity contribution in [2.45, 2.75) is 231 Å². The summed E-state index contributed by atoms with van der Waals surface area (Å²) in [5, 5.41) is 12.7. The minimum absolute atomic E-state index is 0. The van der Waals surface area contributed by atoms with Crippen LogP contribution in [-0.2, 0) is 33.4 Å². The van der Waals surface area contributed by atoms with Crippen LogP contribution < -0.4 is 67.3 Å². The zero-order chi connectivity index (χ0) is 90.6. The van der Waals surface area contributed by atoms with Gasteiger partial charge in [0.1, 0.15) is 17.0 Å². The monoisotopic (exact) mass is 1770 g/mol. The SMILES string of the molecule is C.CCCN(CCC)C(=O)C1=Cc2ccc(C(=O)N3CC4(CC(c5ccc(C)cc5)C4)C3)cc2N=C(CC(=O)OC(C)(C)C)C1.CCCN(CCC)C(=O)C1=Cc2ccc(C(=O)N3CC4(CC(c5ccc(C)cc5)C4)C3)cc2N=C(N)C1.CCCN(CCC)C(=O)C1=Cc2ccc(C(=O)O)cc2N=C(CC(=O)OC(C)(C)C)C1.Cc1ccc(N2CC3(CNC3)C2)cc1.[H-].[K+]. The predicted octanol–water partition coefficient (Wildman–Crippen LogP) is 16.5. The molecule has 680 valence electrons. The van der Waals surface area contributed by atoms with E-state index in [9.17, 15) is 43.5 Å². The quantitative estimate of drug-likeness (QED) is 0.0355. The van der Waals surface area contributed by atoms with Gasteiger partial charge in [0.15, 0.2) is 0 Å². The molecule has 9 aliphatic rings. The van der Waals surface area contributed by atoms with Gasteiger partial charge in [-0.25, -0.2) is 9.79 Å². The number of nitrogens with one attached hydrogen (secondary N) is 1. The van der Waals surface area contributed by atoms with Gasteiger partial charge in [0.2, 0.25) is 17.7 Å². The van der Waals surface area contributed by atoms with E-state index in [4.69, 9.17) is 20.2 Å². The molecule has 0 bridgehead atoms. The zero-order valence-electron chi connectivity index (χ0n) is 79.1. The number of amides is 5. The number of hydrogen-bond donors (Lipinski definition) is 3. The van der Waals surface area contributed by atoms with Gasteiger partial charge in [0.25, 0.3) is 11.8 Å². The van der Waals surface area contributed by atoms with Crippen LogP contribution in [0.15, 0.2) is 159 Å². The van der Waals surface area contributed by atoms with Crippen molar-refractivity contribution >= 4 is 106 Å². The first-order chi connectivity index (χ1) is 60.0. The minimum atomic E-state index is -1.06. The number of hydrogen-bond acceptors (Lipinski definition) is 16. The molecule has 15 rings (SSSR count). The van der Waals surface area contributed by atoms with E-state index in [1.165, 1.54) is 71.8 Å². The molecule has 2 aliphatic carbocycles. The summed E-state index contributed by atoms with van der Waals surface area (Å²) in [6.45, 7) is 41.8. The van der Waals surface area contributed by atoms with E-state index in [2.05, 4.69) is 141 Å². The molecule has 0 radical (unpaired) electrons. The van der Waals surface area contributed by atoms with E-state index >= 15 is 0 Å². The smallest absolute Gasteiger partial charge is 1.00 e. The first-order valence-corrected chi connectivity index (χ1v) is 45.8. The zero-order valence-corrected chi connectivity index (χ0v) is 81.3. The molecule has 6 aromatic rings. The van der Waals surface area contributed by atoms with Crippen LogP contribution in [0.2, 0.25) is 0 Å². The van der Waals surface area contributed by atoms with E-state index in [-0.39, 0.29) is 138 Å². The van der Waals surface area contributed by atoms with Crippen molar-refractivity contribution in [2.24, 2.45) is 37.0 Å². The predicted molar refractivity (Wildman–Crippen MR) is 511 cm³/mol. The summed E-state index contributed by atoms with van der Waals surface area (Å²) in [5.74, 6) is -0.351. The largest absolute Gasteiger partial charge is 1.00 e. The van der Waals surface area contributed by atoms with Crippen molar-refractivity contribution < 1.29 is 106 Å². The van der Waals surface area contributed by atoms with Crippen LogP contribution >= 0.6 is 0 Å². The van der Waals surface area contributed by atoms with Crippen LogP contribution in [0.4, 0.5) is 22.7 Å². The molecule has 7 heterocycles. The van der Waals surface area contributed by atoms with E-state index < -0.39 is 23.1 Å². The molecule has 2 saturated carbocycles. The third-order valence-electron chi connectivity index (χ3n) is 24.9. The second-order valence-electron chi connectivity index (χ2n) is 38.7. The number of anilines is 1. The van der Waals surface area contributed by atoms with Gasteiger partial charge in [-0.1, -0.05) is 145 Å². The molecule has 7 aliphatic heterocycles. The van der Waals surface area contributed by atoms with Crippen molar-refractivity contribution in [3.8, 4) is 0 Å². The van der Waals surface area contributed by atoms with Crippen molar-refractivity contribution in [2.75, 3.05) is 96.5 Å². The fraction of sp³-hybridized carbons (Fsp3) is 0.495. The average molecular weight is 1770 g/mol. The molecular formula is C105H138KN11O11. The second kappa shape index (κ2) is 43.9. The Morgan fingerprint density at radius 2 is 0.773 bits per heavy atom. The summed E-state index contributed by atoms with van der Waals surface area (Å²) >= 11 is 0. The van der Waals surface area contributed by atoms with Crippen molar-refractivity contribution in [1.29, 1.82) is 0 Å². The topological polar surface area (TPSA) is 270 Å². The molecule has 4 N–H and O–H groups in total. The van der Waals surface area contributed by atoms with Crippen LogP contribution in [0.1, 0.15) is 276 Å². The number of carboxylic acid groups (broad SMARTS) is 1. The van der Waals surface area contributed by atoms with E-state index in [1.807, 2.05) is 108 Å². The van der Waals surface area contributed by atoms with E-state index in [0.717, 1.165) is 115 Å². The number of rotatable bonds is 25. The van der Waals surface area contributed by atoms with Gasteiger partial charge >= 0.3 is 69.3 Å². The molecule has 6 fully saturated rings. The number of amidine groups is 1. The number of esters is 2. The Hall–Kier alpha value is -9.49. The van der Waals surface area contributed by atoms with Crippen LogP contribution in [0, 0.1) is 37.0 Å². The summed E-state index contributed by atoms with van der Waals surface area (Å²) in [7, 11) is 0. The number of nitrogens with two attached hydrogens (primary N) is 1. The van der Waals surface area contributed by atoms with Crippen molar-refractivity contribution in [3.63, 3.8) is 0 Å². The molecule has 0 atom stereocenters. The summed E-state index contributed by atoms with van der Waals surface area (Å²) < 4.78 is 11.0. The van der Waals surface area contributed by atoms with Gasteiger partial charge in [0.05, 0.1) is 35.5 Å². The minimum Gasteiger partial charge on any atom is -1.00 e. The maximum Gasteiger partial charge on any atom is 1.00 e. The number of fused-ring (bicyclic) bond motifs is 3. The Balaban J connectivity index is 0.000000202. The van der Waals surface area contributed by atoms with Crippen LogP contribution in [0.5, 0.6) is 0 Å². The van der Waals surface area contributed by atoms with Gasteiger partial charge in [-0.15, -0.1) is 0 Å². The van der Waals surface area contributed by atoms with E-state index in [0.29, 0.717) is 118 Å². The Morgan fingerprint density at radius 3 is 1.09 bits per heavy atom. The average Bonchev–Trinajstić information content (AvgIpc) is 1.47. The first kappa shape index (κ1) is 101. The third-order valence-corrected chi connectivity index (χ3v) is 24.9. The summed E-state index contributed by atoms with van der Waals surface area (Å²) in [5.41, 5.74) is 22.3. The Morgan fingerprint density at radius 1 is 0.453 bits per heavy atom. The molecule has 5 amide bonds. The standard InChI is InChI=1S/C37H47N3O4.C31H38N4O2.C24H32N2O5.C12H16N2.CH4.K.H/c1-7-15-39(16-8-2)35(43)29-17-27-13-14-28(19-32(27)38-31(18-29)20-33(41)44-36(4,5)6)34(42)40-23-37(24-40)21-30(22-37)26-11-9-25(3)10-12-26;1-4-12-34(13-5-2)30(37)25-14-23-10-11-24(15-27(23)33-28(32)16-25)29(36)35-19-31(20-35)17-26(18-31)22-8-6-21(3)7-9-22;1-6-10-26(11-7-2)22(28)18-12-16-8-9-17(23(29)30)14-20(16)25-19(13-18)15-21(27)31-24(3,4)5;1-10-2-4-11(5-3-10)14-8-12(9-14)6-13-7-12;;;/h9-14,17,19,30H,7-8,15-16,18,20-24H2,1-6H3;6-11,14-15,26H,4-5,12-13,16-20H2,1-3H3,(H2,32,33);8-9,12,14H,6-7,10-11,13,15H2,1-5H3,(H,29,30);2-5,13H,6-9H2,1H3;1H4;;/q;;;;;+1;-1. The Kier molecular flexibility index (Phi) is 34.6. The maximum atomic E-state index is 13.7. The molecule has 3 spiro atoms. The van der Waals surface area contributed by atoms with Gasteiger partial charge in [-0.2, -0.15) is 0 Å². The first-order valence-electron chi connectivity index (χ1n) is 45.8. The molecule has 22 nitrogen and oxygen atoms in total. The number of likely N-dealkylation sites (tertiary alicyclic amines) is 2. The molecule has 128 heavy (non-hydrogen) atoms. The number of ether oxygens (including phenoxy) is 2. The molecule has 0 unspecified atom stereocenters. The number of aliphatic imine (C=N–C) groups is 3. The molecular weight excluding hydrogens is 1630 g/mol. The third kappa shape index (κ3) is 25.8. The molecule has 6 aromatic carbocycles. The van der Waals surface area contributed by atoms with Crippen molar-refractivity contribution in [1.82, 2.24) is 29.8 Å². The van der Waals surface area contributed by atoms with Crippen LogP contribution in [0.25, 0.3) is 18.2 Å².